The monoisotopic (exact) mass is 375 g/mol. The number of aliphatic carboxylic acids is 1. The van der Waals surface area contributed by atoms with E-state index in [-0.39, 0.29) is 5.91 Å². The number of hydrogen-bond donors (Lipinski definition) is 2. The predicted octanol–water partition coefficient (Wildman–Crippen LogP) is 3.99. The topological polar surface area (TPSA) is 82.5 Å². The summed E-state index contributed by atoms with van der Waals surface area (Å²) in [6.45, 7) is 7.25. The second-order valence-corrected chi connectivity index (χ2v) is 6.93. The number of halogens is 1. The van der Waals surface area contributed by atoms with Crippen LogP contribution in [0.15, 0.2) is 36.7 Å². The van der Waals surface area contributed by atoms with Gasteiger partial charge >= 0.3 is 5.97 Å². The number of nitrogens with zero attached hydrogens (tertiary/aromatic N) is 2. The zero-order chi connectivity index (χ0) is 19.5. The zero-order valence-corrected chi connectivity index (χ0v) is 16.0. The maximum absolute atomic E-state index is 13.0. The van der Waals surface area contributed by atoms with Crippen LogP contribution in [0.2, 0.25) is 5.02 Å². The van der Waals surface area contributed by atoms with Crippen LogP contribution in [0.25, 0.3) is 0 Å². The Hall–Kier alpha value is -2.60. The summed E-state index contributed by atoms with van der Waals surface area (Å²) in [5, 5.41) is 12.8. The Kier molecular flexibility index (Phi) is 5.87. The number of anilines is 2. The van der Waals surface area contributed by atoms with Crippen LogP contribution >= 0.6 is 11.6 Å². The van der Waals surface area contributed by atoms with Crippen LogP contribution in [0.3, 0.4) is 0 Å². The number of pyridine rings is 1. The summed E-state index contributed by atoms with van der Waals surface area (Å²) in [4.78, 5) is 30.0. The molecule has 0 spiro atoms. The van der Waals surface area contributed by atoms with E-state index in [4.69, 9.17) is 11.6 Å². The Labute approximate surface area is 157 Å². The van der Waals surface area contributed by atoms with Crippen LogP contribution in [0.4, 0.5) is 11.4 Å². The molecular formula is C19H22ClN3O3. The molecule has 0 saturated carbocycles. The minimum absolute atomic E-state index is 0.168. The molecule has 1 heterocycles. The van der Waals surface area contributed by atoms with Crippen molar-refractivity contribution in [2.45, 2.75) is 33.2 Å². The molecule has 0 aliphatic rings. The zero-order valence-electron chi connectivity index (χ0n) is 15.2. The standard InChI is InChI=1S/C19H22ClN3O3/c1-5-23(17(24)16-7-6-13(20)8-12(16)2)15-9-14(10-21-11-15)22-19(3,4)18(25)26/h6-11,22H,5H2,1-4H3,(H,25,26). The second-order valence-electron chi connectivity index (χ2n) is 6.50. The number of amides is 1. The van der Waals surface area contributed by atoms with E-state index in [1.807, 2.05) is 13.8 Å². The van der Waals surface area contributed by atoms with Gasteiger partial charge in [-0.3, -0.25) is 9.78 Å². The molecule has 2 N–H and O–H groups in total. The molecule has 0 atom stereocenters. The molecule has 1 aromatic heterocycles. The van der Waals surface area contributed by atoms with Crippen molar-refractivity contribution < 1.29 is 14.7 Å². The Morgan fingerprint density at radius 3 is 2.54 bits per heavy atom. The minimum Gasteiger partial charge on any atom is -0.480 e. The van der Waals surface area contributed by atoms with Crippen molar-refractivity contribution in [3.63, 3.8) is 0 Å². The Morgan fingerprint density at radius 2 is 1.96 bits per heavy atom. The third-order valence-electron chi connectivity index (χ3n) is 4.01. The van der Waals surface area contributed by atoms with Gasteiger partial charge in [0.15, 0.2) is 0 Å². The maximum atomic E-state index is 13.0. The number of carboxylic acids is 1. The average molecular weight is 376 g/mol. The third-order valence-corrected chi connectivity index (χ3v) is 4.24. The van der Waals surface area contributed by atoms with Crippen molar-refractivity contribution >= 4 is 34.9 Å². The van der Waals surface area contributed by atoms with Crippen LogP contribution in [0.5, 0.6) is 0 Å². The highest BCUT2D eigenvalue weighted by atomic mass is 35.5. The number of benzene rings is 1. The Morgan fingerprint density at radius 1 is 1.27 bits per heavy atom. The summed E-state index contributed by atoms with van der Waals surface area (Å²) in [6.07, 6.45) is 3.10. The van der Waals surface area contributed by atoms with E-state index in [1.165, 1.54) is 6.20 Å². The van der Waals surface area contributed by atoms with Crippen LogP contribution in [0, 0.1) is 6.92 Å². The fourth-order valence-electron chi connectivity index (χ4n) is 2.51. The average Bonchev–Trinajstić information content (AvgIpc) is 2.55. The fraction of sp³-hybridized carbons (Fsp3) is 0.316. The summed E-state index contributed by atoms with van der Waals surface area (Å²) >= 11 is 5.97. The maximum Gasteiger partial charge on any atom is 0.328 e. The summed E-state index contributed by atoms with van der Waals surface area (Å²) in [5.74, 6) is -1.15. The Balaban J connectivity index is 2.34. The van der Waals surface area contributed by atoms with Crippen molar-refractivity contribution in [1.29, 1.82) is 0 Å². The second kappa shape index (κ2) is 7.74. The molecule has 2 aromatic rings. The molecule has 7 heteroatoms. The first-order valence-corrected chi connectivity index (χ1v) is 8.58. The van der Waals surface area contributed by atoms with E-state index in [0.717, 1.165) is 5.56 Å². The quantitative estimate of drug-likeness (QED) is 0.797. The molecular weight excluding hydrogens is 354 g/mol. The molecule has 1 aromatic carbocycles. The summed E-state index contributed by atoms with van der Waals surface area (Å²) in [7, 11) is 0. The van der Waals surface area contributed by atoms with Crippen molar-refractivity contribution in [1.82, 2.24) is 4.98 Å². The number of carboxylic acid groups (broad SMARTS) is 1. The van der Waals surface area contributed by atoms with Gasteiger partial charge in [-0.05, 0) is 57.5 Å². The van der Waals surface area contributed by atoms with Gasteiger partial charge in [0.25, 0.3) is 5.91 Å². The molecule has 0 unspecified atom stereocenters. The number of carbonyl (C=O) groups excluding carboxylic acids is 1. The van der Waals surface area contributed by atoms with Gasteiger partial charge in [0.2, 0.25) is 0 Å². The van der Waals surface area contributed by atoms with Gasteiger partial charge in [-0.15, -0.1) is 0 Å². The molecule has 2 rings (SSSR count). The molecule has 0 aliphatic heterocycles. The van der Waals surface area contributed by atoms with Crippen LogP contribution in [-0.2, 0) is 4.79 Å². The van der Waals surface area contributed by atoms with E-state index >= 15 is 0 Å². The lowest BCUT2D eigenvalue weighted by Gasteiger charge is -2.25. The van der Waals surface area contributed by atoms with Crippen LogP contribution in [-0.4, -0.2) is 34.1 Å². The van der Waals surface area contributed by atoms with Crippen molar-refractivity contribution in [3.05, 3.63) is 52.8 Å². The van der Waals surface area contributed by atoms with Gasteiger partial charge in [-0.1, -0.05) is 11.6 Å². The van der Waals surface area contributed by atoms with Gasteiger partial charge in [0.05, 0.1) is 23.8 Å². The highest BCUT2D eigenvalue weighted by molar-refractivity contribution is 6.30. The summed E-state index contributed by atoms with van der Waals surface area (Å²) in [5.41, 5.74) is 1.29. The van der Waals surface area contributed by atoms with E-state index < -0.39 is 11.5 Å². The molecule has 138 valence electrons. The number of nitrogens with one attached hydrogen (secondary N) is 1. The number of rotatable bonds is 6. The number of hydrogen-bond acceptors (Lipinski definition) is 4. The largest absolute Gasteiger partial charge is 0.480 e. The van der Waals surface area contributed by atoms with Crippen molar-refractivity contribution in [2.24, 2.45) is 0 Å². The summed E-state index contributed by atoms with van der Waals surface area (Å²) in [6, 6.07) is 6.84. The van der Waals surface area contributed by atoms with E-state index in [9.17, 15) is 14.7 Å². The van der Waals surface area contributed by atoms with Crippen molar-refractivity contribution in [2.75, 3.05) is 16.8 Å². The first kappa shape index (κ1) is 19.7. The molecule has 0 bridgehead atoms. The molecule has 0 radical (unpaired) electrons. The Bertz CT molecular complexity index is 837. The van der Waals surface area contributed by atoms with E-state index in [1.54, 1.807) is 49.2 Å². The van der Waals surface area contributed by atoms with Gasteiger partial charge in [-0.2, -0.15) is 0 Å². The highest BCUT2D eigenvalue weighted by Crippen LogP contribution is 2.24. The normalized spacial score (nSPS) is 11.1. The third kappa shape index (κ3) is 4.32. The summed E-state index contributed by atoms with van der Waals surface area (Å²) < 4.78 is 0. The lowest BCUT2D eigenvalue weighted by Crippen LogP contribution is -2.40. The first-order chi connectivity index (χ1) is 12.2. The molecule has 0 fully saturated rings. The SMILES string of the molecule is CCN(C(=O)c1ccc(Cl)cc1C)c1cncc(NC(C)(C)C(=O)O)c1. The fourth-order valence-corrected chi connectivity index (χ4v) is 2.74. The molecule has 6 nitrogen and oxygen atoms in total. The number of aromatic nitrogens is 1. The smallest absolute Gasteiger partial charge is 0.328 e. The van der Waals surface area contributed by atoms with E-state index in [2.05, 4.69) is 10.3 Å². The lowest BCUT2D eigenvalue weighted by molar-refractivity contribution is -0.141. The predicted molar refractivity (Wildman–Crippen MR) is 103 cm³/mol. The minimum atomic E-state index is -1.16. The molecule has 0 aliphatic carbocycles. The van der Waals surface area contributed by atoms with Crippen LogP contribution in [0.1, 0.15) is 36.7 Å². The van der Waals surface area contributed by atoms with Gasteiger partial charge in [-0.25, -0.2) is 4.79 Å². The molecule has 1 amide bonds. The van der Waals surface area contributed by atoms with Gasteiger partial charge < -0.3 is 15.3 Å². The number of carbonyl (C=O) groups is 2. The van der Waals surface area contributed by atoms with E-state index in [0.29, 0.717) is 28.5 Å². The molecule has 26 heavy (non-hydrogen) atoms. The van der Waals surface area contributed by atoms with Gasteiger partial charge in [0, 0.05) is 17.1 Å². The molecule has 0 saturated heterocycles. The van der Waals surface area contributed by atoms with Gasteiger partial charge in [0.1, 0.15) is 5.54 Å². The lowest BCUT2D eigenvalue weighted by atomic mass is 10.1. The first-order valence-electron chi connectivity index (χ1n) is 8.20. The van der Waals surface area contributed by atoms with Crippen LogP contribution < -0.4 is 10.2 Å². The van der Waals surface area contributed by atoms with Crippen molar-refractivity contribution in [3.8, 4) is 0 Å². The number of aryl methyl sites for hydroxylation is 1. The highest BCUT2D eigenvalue weighted by Gasteiger charge is 2.27.